The first-order valence-corrected chi connectivity index (χ1v) is 7.59. The van der Waals surface area contributed by atoms with E-state index in [1.165, 1.54) is 4.31 Å². The van der Waals surface area contributed by atoms with Crippen molar-refractivity contribution in [1.82, 2.24) is 14.5 Å². The van der Waals surface area contributed by atoms with E-state index in [2.05, 4.69) is 10.2 Å². The van der Waals surface area contributed by atoms with Crippen molar-refractivity contribution in [3.8, 4) is 0 Å². The molecular weight excluding hydrogens is 254 g/mol. The molecule has 18 heavy (non-hydrogen) atoms. The summed E-state index contributed by atoms with van der Waals surface area (Å²) in [6, 6.07) is 0. The lowest BCUT2D eigenvalue weighted by Crippen LogP contribution is -2.33. The molecule has 2 N–H and O–H groups in total. The van der Waals surface area contributed by atoms with Gasteiger partial charge in [-0.25, -0.2) is 8.42 Å². The number of hydrogen-bond donors (Lipinski definition) is 2. The minimum atomic E-state index is -3.56. The molecule has 7 heteroatoms. The first-order chi connectivity index (χ1) is 8.50. The second-order valence-electron chi connectivity index (χ2n) is 4.68. The van der Waals surface area contributed by atoms with Crippen LogP contribution >= 0.6 is 0 Å². The molecule has 0 radical (unpaired) electrons. The summed E-state index contributed by atoms with van der Waals surface area (Å²) in [5.41, 5.74) is 0.676. The van der Waals surface area contributed by atoms with Crippen LogP contribution in [0, 0.1) is 12.8 Å². The van der Waals surface area contributed by atoms with Gasteiger partial charge in [-0.2, -0.15) is 9.40 Å². The summed E-state index contributed by atoms with van der Waals surface area (Å²) in [6.45, 7) is 4.11. The molecule has 1 aliphatic rings. The summed E-state index contributed by atoms with van der Waals surface area (Å²) in [6.07, 6.45) is 2.20. The van der Waals surface area contributed by atoms with Crippen molar-refractivity contribution in [1.29, 1.82) is 0 Å². The van der Waals surface area contributed by atoms with Crippen molar-refractivity contribution in [2.24, 2.45) is 5.92 Å². The van der Waals surface area contributed by atoms with E-state index in [-0.39, 0.29) is 17.2 Å². The molecule has 1 fully saturated rings. The van der Waals surface area contributed by atoms with Crippen LogP contribution in [0.15, 0.2) is 4.90 Å². The SMILES string of the molecule is CCN(CC1CC1)S(=O)(=O)c1c(CO)n[nH]c1C. The van der Waals surface area contributed by atoms with E-state index in [1.807, 2.05) is 6.92 Å². The van der Waals surface area contributed by atoms with Crippen LogP contribution in [0.4, 0.5) is 0 Å². The number of aromatic nitrogens is 2. The lowest BCUT2D eigenvalue weighted by atomic mass is 10.4. The Bertz CT molecular complexity index is 520. The molecule has 1 aromatic rings. The van der Waals surface area contributed by atoms with Gasteiger partial charge in [0, 0.05) is 13.1 Å². The van der Waals surface area contributed by atoms with Crippen LogP contribution in [0.1, 0.15) is 31.2 Å². The number of sulfonamides is 1. The maximum atomic E-state index is 12.5. The van der Waals surface area contributed by atoms with Gasteiger partial charge in [0.1, 0.15) is 10.6 Å². The zero-order chi connectivity index (χ0) is 13.3. The highest BCUT2D eigenvalue weighted by atomic mass is 32.2. The van der Waals surface area contributed by atoms with E-state index >= 15 is 0 Å². The van der Waals surface area contributed by atoms with Gasteiger partial charge in [0.25, 0.3) is 0 Å². The quantitative estimate of drug-likeness (QED) is 0.796. The number of hydrogen-bond acceptors (Lipinski definition) is 4. The Kier molecular flexibility index (Phi) is 3.74. The molecule has 6 nitrogen and oxygen atoms in total. The monoisotopic (exact) mass is 273 g/mol. The molecule has 102 valence electrons. The molecule has 0 aliphatic heterocycles. The fourth-order valence-electron chi connectivity index (χ4n) is 2.03. The average molecular weight is 273 g/mol. The van der Waals surface area contributed by atoms with E-state index in [1.54, 1.807) is 6.92 Å². The van der Waals surface area contributed by atoms with Crippen LogP contribution in [0.5, 0.6) is 0 Å². The molecule has 0 atom stereocenters. The zero-order valence-electron chi connectivity index (χ0n) is 10.7. The van der Waals surface area contributed by atoms with Crippen LogP contribution in [-0.4, -0.2) is 41.1 Å². The summed E-state index contributed by atoms with van der Waals surface area (Å²) >= 11 is 0. The van der Waals surface area contributed by atoms with Crippen LogP contribution in [0.25, 0.3) is 0 Å². The van der Waals surface area contributed by atoms with Gasteiger partial charge >= 0.3 is 0 Å². The Labute approximate surface area is 107 Å². The highest BCUT2D eigenvalue weighted by molar-refractivity contribution is 7.89. The number of nitrogens with one attached hydrogen (secondary N) is 1. The van der Waals surface area contributed by atoms with Crippen molar-refractivity contribution >= 4 is 10.0 Å². The third kappa shape index (κ3) is 2.43. The van der Waals surface area contributed by atoms with Crippen molar-refractivity contribution in [2.75, 3.05) is 13.1 Å². The molecule has 1 aliphatic carbocycles. The highest BCUT2D eigenvalue weighted by Crippen LogP contribution is 2.32. The van der Waals surface area contributed by atoms with E-state index in [9.17, 15) is 13.5 Å². The van der Waals surface area contributed by atoms with Gasteiger partial charge in [-0.15, -0.1) is 0 Å². The summed E-state index contributed by atoms with van der Waals surface area (Å²) in [5.74, 6) is 0.490. The Hall–Kier alpha value is -0.920. The molecule has 1 saturated carbocycles. The Morgan fingerprint density at radius 1 is 1.50 bits per heavy atom. The third-order valence-electron chi connectivity index (χ3n) is 3.22. The predicted octanol–water partition coefficient (Wildman–Crippen LogP) is 0.631. The minimum Gasteiger partial charge on any atom is -0.390 e. The molecule has 0 unspecified atom stereocenters. The maximum absolute atomic E-state index is 12.5. The van der Waals surface area contributed by atoms with Gasteiger partial charge in [0.05, 0.1) is 12.3 Å². The van der Waals surface area contributed by atoms with Gasteiger partial charge < -0.3 is 5.11 Å². The fraction of sp³-hybridized carbons (Fsp3) is 0.727. The summed E-state index contributed by atoms with van der Waals surface area (Å²) < 4.78 is 26.6. The number of aryl methyl sites for hydroxylation is 1. The number of nitrogens with zero attached hydrogens (tertiary/aromatic N) is 2. The van der Waals surface area contributed by atoms with E-state index in [0.29, 0.717) is 24.7 Å². The van der Waals surface area contributed by atoms with Crippen molar-refractivity contribution in [3.63, 3.8) is 0 Å². The van der Waals surface area contributed by atoms with Gasteiger partial charge in [-0.1, -0.05) is 6.92 Å². The first-order valence-electron chi connectivity index (χ1n) is 6.15. The third-order valence-corrected chi connectivity index (χ3v) is 5.37. The topological polar surface area (TPSA) is 86.3 Å². The number of aliphatic hydroxyl groups is 1. The number of H-pyrrole nitrogens is 1. The maximum Gasteiger partial charge on any atom is 0.246 e. The van der Waals surface area contributed by atoms with Gasteiger partial charge in [0.2, 0.25) is 10.0 Å². The highest BCUT2D eigenvalue weighted by Gasteiger charge is 2.33. The lowest BCUT2D eigenvalue weighted by molar-refractivity contribution is 0.273. The largest absolute Gasteiger partial charge is 0.390 e. The summed E-state index contributed by atoms with van der Waals surface area (Å²) in [5, 5.41) is 15.6. The lowest BCUT2D eigenvalue weighted by Gasteiger charge is -2.20. The van der Waals surface area contributed by atoms with Crippen LogP contribution < -0.4 is 0 Å². The second-order valence-corrected chi connectivity index (χ2v) is 6.56. The molecule has 0 spiro atoms. The number of aliphatic hydroxyl groups excluding tert-OH is 1. The molecule has 1 heterocycles. The van der Waals surface area contributed by atoms with E-state index in [4.69, 9.17) is 0 Å². The standard InChI is InChI=1S/C11H19N3O3S/c1-3-14(6-9-4-5-9)18(16,17)11-8(2)12-13-10(11)7-15/h9,15H,3-7H2,1-2H3,(H,12,13). The predicted molar refractivity (Wildman–Crippen MR) is 66.4 cm³/mol. The van der Waals surface area contributed by atoms with E-state index in [0.717, 1.165) is 12.8 Å². The normalized spacial score (nSPS) is 16.4. The molecule has 0 saturated heterocycles. The minimum absolute atomic E-state index is 0.132. The van der Waals surface area contributed by atoms with Crippen LogP contribution in [0.3, 0.4) is 0 Å². The molecule has 0 amide bonds. The number of rotatable bonds is 6. The van der Waals surface area contributed by atoms with Crippen molar-refractivity contribution in [2.45, 2.75) is 38.2 Å². The van der Waals surface area contributed by atoms with Gasteiger partial charge in [-0.05, 0) is 25.7 Å². The Morgan fingerprint density at radius 2 is 2.17 bits per heavy atom. The fourth-order valence-corrected chi connectivity index (χ4v) is 3.88. The molecule has 2 rings (SSSR count). The van der Waals surface area contributed by atoms with Crippen molar-refractivity contribution in [3.05, 3.63) is 11.4 Å². The van der Waals surface area contributed by atoms with Crippen LogP contribution in [-0.2, 0) is 16.6 Å². The zero-order valence-corrected chi connectivity index (χ0v) is 11.5. The molecular formula is C11H19N3O3S. The van der Waals surface area contributed by atoms with Gasteiger partial charge in [-0.3, -0.25) is 5.10 Å². The Balaban J connectivity index is 2.35. The summed E-state index contributed by atoms with van der Waals surface area (Å²) in [4.78, 5) is 0.132. The molecule has 1 aromatic heterocycles. The average Bonchev–Trinajstić information content (AvgIpc) is 3.07. The Morgan fingerprint density at radius 3 is 2.67 bits per heavy atom. The molecule has 0 bridgehead atoms. The molecule has 0 aromatic carbocycles. The summed E-state index contributed by atoms with van der Waals surface area (Å²) in [7, 11) is -3.56. The van der Waals surface area contributed by atoms with Crippen molar-refractivity contribution < 1.29 is 13.5 Å². The van der Waals surface area contributed by atoms with Crippen LogP contribution in [0.2, 0.25) is 0 Å². The van der Waals surface area contributed by atoms with Gasteiger partial charge in [0.15, 0.2) is 0 Å². The smallest absolute Gasteiger partial charge is 0.246 e. The second kappa shape index (κ2) is 4.99. The first kappa shape index (κ1) is 13.5. The van der Waals surface area contributed by atoms with E-state index < -0.39 is 10.0 Å². The number of aromatic amines is 1.